The Morgan fingerprint density at radius 1 is 1.27 bits per heavy atom. The molecule has 1 saturated heterocycles. The van der Waals surface area contributed by atoms with E-state index in [1.165, 1.54) is 30.4 Å². The first kappa shape index (κ1) is 14.5. The highest BCUT2D eigenvalue weighted by Gasteiger charge is 2.64. The quantitative estimate of drug-likeness (QED) is 0.910. The molecule has 1 N–H and O–H groups in total. The minimum absolute atomic E-state index is 0.0617. The van der Waals surface area contributed by atoms with Gasteiger partial charge in [-0.1, -0.05) is 18.9 Å². The molecule has 2 bridgehead atoms. The third-order valence-electron chi connectivity index (χ3n) is 6.60. The van der Waals surface area contributed by atoms with E-state index in [1.54, 1.807) is 0 Å². The Kier molecular flexibility index (Phi) is 3.28. The summed E-state index contributed by atoms with van der Waals surface area (Å²) in [7, 11) is 2.26. The smallest absolute Gasteiger partial charge is 0.115 e. The van der Waals surface area contributed by atoms with Crippen molar-refractivity contribution in [2.24, 2.45) is 0 Å². The molecule has 22 heavy (non-hydrogen) atoms. The first-order valence-corrected chi connectivity index (χ1v) is 8.79. The molecule has 3 aliphatic rings. The normalized spacial score (nSPS) is 37.5. The SMILES string of the molecule is CCOC12CCCC[C@@]13CCN(C)[C@@H]2Cc1ccc(O)cc13. The number of rotatable bonds is 2. The van der Waals surface area contributed by atoms with Gasteiger partial charge in [-0.05, 0) is 69.5 Å². The average Bonchev–Trinajstić information content (AvgIpc) is 2.52. The Balaban J connectivity index is 1.95. The van der Waals surface area contributed by atoms with E-state index < -0.39 is 0 Å². The maximum Gasteiger partial charge on any atom is 0.115 e. The van der Waals surface area contributed by atoms with Gasteiger partial charge in [-0.2, -0.15) is 0 Å². The van der Waals surface area contributed by atoms with Crippen LogP contribution in [-0.2, 0) is 16.6 Å². The van der Waals surface area contributed by atoms with Crippen molar-refractivity contribution in [1.29, 1.82) is 0 Å². The number of piperidine rings is 1. The van der Waals surface area contributed by atoms with E-state index in [9.17, 15) is 5.11 Å². The van der Waals surface area contributed by atoms with Gasteiger partial charge in [-0.25, -0.2) is 0 Å². The van der Waals surface area contributed by atoms with Crippen molar-refractivity contribution in [3.8, 4) is 5.75 Å². The Labute approximate surface area is 133 Å². The molecule has 0 aromatic heterocycles. The third-order valence-corrected chi connectivity index (χ3v) is 6.60. The monoisotopic (exact) mass is 301 g/mol. The van der Waals surface area contributed by atoms with Gasteiger partial charge >= 0.3 is 0 Å². The van der Waals surface area contributed by atoms with Crippen LogP contribution in [0.3, 0.4) is 0 Å². The van der Waals surface area contributed by atoms with E-state index in [0.717, 1.165) is 32.4 Å². The zero-order valence-electron chi connectivity index (χ0n) is 13.8. The van der Waals surface area contributed by atoms with Gasteiger partial charge in [0.25, 0.3) is 0 Å². The maximum absolute atomic E-state index is 10.1. The molecule has 4 rings (SSSR count). The van der Waals surface area contributed by atoms with Crippen LogP contribution in [-0.4, -0.2) is 41.8 Å². The Morgan fingerprint density at radius 2 is 2.09 bits per heavy atom. The number of hydrogen-bond acceptors (Lipinski definition) is 3. The summed E-state index contributed by atoms with van der Waals surface area (Å²) in [6.07, 6.45) is 7.10. The number of phenolic OH excluding ortho intramolecular Hbond substituents is 1. The summed E-state index contributed by atoms with van der Waals surface area (Å²) in [4.78, 5) is 2.52. The molecule has 3 nitrogen and oxygen atoms in total. The van der Waals surface area contributed by atoms with E-state index in [1.807, 2.05) is 12.1 Å². The molecule has 0 spiro atoms. The Bertz CT molecular complexity index is 583. The number of likely N-dealkylation sites (tertiary alicyclic amines) is 1. The molecule has 2 fully saturated rings. The molecular weight excluding hydrogens is 274 g/mol. The Morgan fingerprint density at radius 3 is 2.91 bits per heavy atom. The molecular formula is C19H27NO2. The van der Waals surface area contributed by atoms with Crippen LogP contribution in [0, 0.1) is 0 Å². The molecule has 2 aliphatic carbocycles. The summed E-state index contributed by atoms with van der Waals surface area (Å²) < 4.78 is 6.58. The topological polar surface area (TPSA) is 32.7 Å². The summed E-state index contributed by atoms with van der Waals surface area (Å²) in [5, 5.41) is 10.1. The van der Waals surface area contributed by atoms with Gasteiger partial charge in [0.1, 0.15) is 5.75 Å². The van der Waals surface area contributed by atoms with Gasteiger partial charge in [0.05, 0.1) is 5.60 Å². The highest BCUT2D eigenvalue weighted by atomic mass is 16.5. The number of aromatic hydroxyl groups is 1. The molecule has 1 heterocycles. The second-order valence-electron chi connectivity index (χ2n) is 7.40. The second kappa shape index (κ2) is 4.97. The van der Waals surface area contributed by atoms with Crippen LogP contribution in [0.2, 0.25) is 0 Å². The number of ether oxygens (including phenoxy) is 1. The number of fused-ring (bicyclic) bond motifs is 1. The second-order valence-corrected chi connectivity index (χ2v) is 7.40. The fraction of sp³-hybridized carbons (Fsp3) is 0.684. The van der Waals surface area contributed by atoms with Gasteiger partial charge in [0.2, 0.25) is 0 Å². The van der Waals surface area contributed by atoms with E-state index in [4.69, 9.17) is 4.74 Å². The number of phenols is 1. The highest BCUT2D eigenvalue weighted by Crippen LogP contribution is 2.59. The highest BCUT2D eigenvalue weighted by molar-refractivity contribution is 5.48. The summed E-state index contributed by atoms with van der Waals surface area (Å²) in [6, 6.07) is 6.50. The largest absolute Gasteiger partial charge is 0.508 e. The van der Waals surface area contributed by atoms with Crippen LogP contribution < -0.4 is 0 Å². The van der Waals surface area contributed by atoms with Crippen LogP contribution in [0.15, 0.2) is 18.2 Å². The third kappa shape index (κ3) is 1.70. The number of likely N-dealkylation sites (N-methyl/N-ethyl adjacent to an activating group) is 1. The zero-order valence-corrected chi connectivity index (χ0v) is 13.8. The lowest BCUT2D eigenvalue weighted by Crippen LogP contribution is -2.72. The standard InChI is InChI=1S/C19H27NO2/c1-3-22-19-9-5-4-8-18(19)10-11-20(2)17(19)12-14-6-7-15(21)13-16(14)18/h6-7,13,17,21H,3-5,8-12H2,1-2H3/t17-,18+,19?/m1/s1. The lowest BCUT2D eigenvalue weighted by molar-refractivity contribution is -0.193. The molecule has 0 radical (unpaired) electrons. The summed E-state index contributed by atoms with van der Waals surface area (Å²) in [6.45, 7) is 4.04. The van der Waals surface area contributed by atoms with Crippen molar-refractivity contribution < 1.29 is 9.84 Å². The van der Waals surface area contributed by atoms with Crippen LogP contribution in [0.5, 0.6) is 5.75 Å². The van der Waals surface area contributed by atoms with Crippen molar-refractivity contribution in [2.75, 3.05) is 20.2 Å². The van der Waals surface area contributed by atoms with Gasteiger partial charge in [0, 0.05) is 18.1 Å². The molecule has 1 aliphatic heterocycles. The first-order valence-electron chi connectivity index (χ1n) is 8.79. The number of nitrogens with zero attached hydrogens (tertiary/aromatic N) is 1. The number of benzene rings is 1. The van der Waals surface area contributed by atoms with Gasteiger partial charge in [-0.15, -0.1) is 0 Å². The fourth-order valence-electron chi connectivity index (χ4n) is 5.74. The van der Waals surface area contributed by atoms with Crippen molar-refractivity contribution >= 4 is 0 Å². The average molecular weight is 301 g/mol. The van der Waals surface area contributed by atoms with E-state index >= 15 is 0 Å². The first-order chi connectivity index (χ1) is 10.6. The summed E-state index contributed by atoms with van der Waals surface area (Å²) in [5.41, 5.74) is 2.84. The predicted molar refractivity (Wildman–Crippen MR) is 87.3 cm³/mol. The molecule has 1 saturated carbocycles. The lowest BCUT2D eigenvalue weighted by Gasteiger charge is -2.65. The summed E-state index contributed by atoms with van der Waals surface area (Å²) in [5.74, 6) is 0.404. The van der Waals surface area contributed by atoms with Gasteiger partial charge in [0.15, 0.2) is 0 Å². The molecule has 1 aromatic rings. The molecule has 3 heteroatoms. The van der Waals surface area contributed by atoms with Gasteiger partial charge in [-0.3, -0.25) is 0 Å². The van der Waals surface area contributed by atoms with Gasteiger partial charge < -0.3 is 14.7 Å². The minimum atomic E-state index is -0.0617. The molecule has 3 atom stereocenters. The number of hydrogen-bond donors (Lipinski definition) is 1. The molecule has 120 valence electrons. The van der Waals surface area contributed by atoms with Crippen LogP contribution in [0.4, 0.5) is 0 Å². The minimum Gasteiger partial charge on any atom is -0.508 e. The maximum atomic E-state index is 10.1. The van der Waals surface area contributed by atoms with E-state index in [-0.39, 0.29) is 11.0 Å². The van der Waals surface area contributed by atoms with Crippen molar-refractivity contribution in [3.63, 3.8) is 0 Å². The van der Waals surface area contributed by atoms with Crippen LogP contribution in [0.25, 0.3) is 0 Å². The van der Waals surface area contributed by atoms with Crippen molar-refractivity contribution in [2.45, 2.75) is 62.5 Å². The molecule has 0 amide bonds. The summed E-state index contributed by atoms with van der Waals surface area (Å²) >= 11 is 0. The predicted octanol–water partition coefficient (Wildman–Crippen LogP) is 3.24. The van der Waals surface area contributed by atoms with E-state index in [0.29, 0.717) is 11.8 Å². The fourth-order valence-corrected chi connectivity index (χ4v) is 5.74. The van der Waals surface area contributed by atoms with Crippen LogP contribution >= 0.6 is 0 Å². The van der Waals surface area contributed by atoms with Crippen molar-refractivity contribution in [1.82, 2.24) is 4.90 Å². The lowest BCUT2D eigenvalue weighted by atomic mass is 9.49. The zero-order chi connectivity index (χ0) is 15.4. The molecule has 1 aromatic carbocycles. The van der Waals surface area contributed by atoms with Crippen molar-refractivity contribution in [3.05, 3.63) is 29.3 Å². The van der Waals surface area contributed by atoms with Crippen LogP contribution in [0.1, 0.15) is 50.2 Å². The van der Waals surface area contributed by atoms with E-state index in [2.05, 4.69) is 24.9 Å². The molecule has 1 unspecified atom stereocenters. The Hall–Kier alpha value is -1.06.